The van der Waals surface area contributed by atoms with Crippen LogP contribution in [0.1, 0.15) is 6.92 Å². The number of thiol groups is 1. The number of rotatable bonds is 4. The summed E-state index contributed by atoms with van der Waals surface area (Å²) in [5.41, 5.74) is 3.09. The first-order chi connectivity index (χ1) is 4.12. The Morgan fingerprint density at radius 1 is 1.67 bits per heavy atom. The van der Waals surface area contributed by atoms with Crippen LogP contribution in [0.15, 0.2) is 0 Å². The van der Waals surface area contributed by atoms with Crippen molar-refractivity contribution in [3.8, 4) is 0 Å². The third-order valence-electron chi connectivity index (χ3n) is 0.747. The van der Waals surface area contributed by atoms with E-state index in [0.29, 0.717) is 0 Å². The van der Waals surface area contributed by atoms with E-state index < -0.39 is 9.84 Å². The van der Waals surface area contributed by atoms with Crippen molar-refractivity contribution in [1.82, 2.24) is 5.48 Å². The maximum Gasteiger partial charge on any atom is 0.330 e. The van der Waals surface area contributed by atoms with Crippen LogP contribution in [0.5, 0.6) is 0 Å². The van der Waals surface area contributed by atoms with E-state index in [1.165, 1.54) is 0 Å². The summed E-state index contributed by atoms with van der Waals surface area (Å²) in [6.07, 6.45) is 0. The molecule has 0 N–H and O–H groups in total. The lowest BCUT2D eigenvalue weighted by atomic mass is 11.0. The van der Waals surface area contributed by atoms with Gasteiger partial charge >= 0.3 is 5.88 Å². The van der Waals surface area contributed by atoms with Crippen molar-refractivity contribution >= 4 is 22.7 Å². The van der Waals surface area contributed by atoms with Gasteiger partial charge in [0.2, 0.25) is 9.84 Å². The van der Waals surface area contributed by atoms with Gasteiger partial charge in [-0.3, -0.25) is 0 Å². The molecule has 0 atom stereocenters. The number of nitrogens with zero attached hydrogens (tertiary/aromatic N) is 1. The molecule has 0 unspecified atom stereocenters. The predicted octanol–water partition coefficient (Wildman–Crippen LogP) is -0.241. The summed E-state index contributed by atoms with van der Waals surface area (Å²) in [7, 11) is -3.02. The van der Waals surface area contributed by atoms with Crippen molar-refractivity contribution in [3.63, 3.8) is 0 Å². The van der Waals surface area contributed by atoms with Crippen LogP contribution in [0.2, 0.25) is 0 Å². The molecule has 0 bridgehead atoms. The summed E-state index contributed by atoms with van der Waals surface area (Å²) < 4.78 is 25.0. The van der Waals surface area contributed by atoms with Crippen LogP contribution in [0.4, 0.5) is 0 Å². The molecule has 54 valence electrons. The summed E-state index contributed by atoms with van der Waals surface area (Å²) in [4.78, 5) is 0. The lowest BCUT2D eigenvalue weighted by Crippen LogP contribution is -2.16. The number of hydrogen-bond acceptors (Lipinski definition) is 4. The monoisotopic (exact) mass is 170 g/mol. The zero-order valence-electron chi connectivity index (χ0n) is 4.94. The minimum atomic E-state index is -3.02. The minimum absolute atomic E-state index is 0.0770. The fourth-order valence-electron chi connectivity index (χ4n) is 0.195. The van der Waals surface area contributed by atoms with E-state index in [4.69, 9.17) is 0 Å². The van der Waals surface area contributed by atoms with Crippen LogP contribution in [-0.4, -0.2) is 20.0 Å². The molecule has 0 heterocycles. The lowest BCUT2D eigenvalue weighted by molar-refractivity contribution is 0.256. The molecule has 0 saturated carbocycles. The summed E-state index contributed by atoms with van der Waals surface area (Å²) in [6.45, 7) is 1.55. The summed E-state index contributed by atoms with van der Waals surface area (Å²) in [6, 6.07) is 0. The zero-order chi connectivity index (χ0) is 7.33. The third kappa shape index (κ3) is 4.71. The molecule has 0 aromatic carbocycles. The van der Waals surface area contributed by atoms with Gasteiger partial charge in [0.05, 0.1) is 18.7 Å². The zero-order valence-corrected chi connectivity index (χ0v) is 6.65. The standard InChI is InChI=1S/C3H8NO3S2/c1-2-9(5,6)3-4-7-8/h8H,2-3H2,1H3/q+1. The van der Waals surface area contributed by atoms with Gasteiger partial charge < -0.3 is 0 Å². The molecule has 0 spiro atoms. The summed E-state index contributed by atoms with van der Waals surface area (Å²) in [5.74, 6) is -0.235. The van der Waals surface area contributed by atoms with Crippen molar-refractivity contribution < 1.29 is 12.7 Å². The van der Waals surface area contributed by atoms with E-state index >= 15 is 0 Å². The molecule has 9 heavy (non-hydrogen) atoms. The quantitative estimate of drug-likeness (QED) is 0.360. The van der Waals surface area contributed by atoms with Crippen molar-refractivity contribution in [2.75, 3.05) is 11.6 Å². The van der Waals surface area contributed by atoms with Crippen LogP contribution < -0.4 is 5.48 Å². The largest absolute Gasteiger partial charge is 0.330 e. The van der Waals surface area contributed by atoms with Crippen LogP contribution >= 0.6 is 12.9 Å². The Morgan fingerprint density at radius 3 is 2.56 bits per heavy atom. The average Bonchev–Trinajstić information content (AvgIpc) is 1.84. The van der Waals surface area contributed by atoms with E-state index in [-0.39, 0.29) is 11.6 Å². The van der Waals surface area contributed by atoms with E-state index in [2.05, 4.69) is 22.7 Å². The second-order valence-electron chi connectivity index (χ2n) is 1.37. The van der Waals surface area contributed by atoms with Crippen LogP contribution in [0, 0.1) is 0 Å². The third-order valence-corrected chi connectivity index (χ3v) is 2.24. The molecule has 0 aliphatic carbocycles. The number of hydroxylamine groups is 1. The Balaban J connectivity index is 3.61. The molecule has 0 aliphatic rings. The maximum atomic E-state index is 10.6. The van der Waals surface area contributed by atoms with E-state index in [1.807, 2.05) is 0 Å². The average molecular weight is 170 g/mol. The molecule has 4 nitrogen and oxygen atoms in total. The fourth-order valence-corrected chi connectivity index (χ4v) is 0.727. The summed E-state index contributed by atoms with van der Waals surface area (Å²) >= 11 is 3.24. The van der Waals surface area contributed by atoms with Crippen molar-refractivity contribution in [2.24, 2.45) is 0 Å². The van der Waals surface area contributed by atoms with Gasteiger partial charge in [-0.05, 0) is 4.28 Å². The molecule has 2 radical (unpaired) electrons. The second-order valence-corrected chi connectivity index (χ2v) is 3.86. The van der Waals surface area contributed by atoms with Gasteiger partial charge in [0.15, 0.2) is 0 Å². The Bertz CT molecular complexity index is 152. The van der Waals surface area contributed by atoms with E-state index in [1.54, 1.807) is 6.92 Å². The lowest BCUT2D eigenvalue weighted by Gasteiger charge is -1.84. The van der Waals surface area contributed by atoms with E-state index in [0.717, 1.165) is 0 Å². The van der Waals surface area contributed by atoms with Crippen LogP contribution in [0.3, 0.4) is 0 Å². The maximum absolute atomic E-state index is 10.6. The molecular formula is C3H8NO3S2+. The predicted molar refractivity (Wildman–Crippen MR) is 36.5 cm³/mol. The molecule has 0 aliphatic heterocycles. The summed E-state index contributed by atoms with van der Waals surface area (Å²) in [5, 5.41) is 0. The van der Waals surface area contributed by atoms with Gasteiger partial charge in [0.25, 0.3) is 5.48 Å². The highest BCUT2D eigenvalue weighted by Gasteiger charge is 2.17. The molecular weight excluding hydrogens is 162 g/mol. The molecule has 0 fully saturated rings. The molecule has 6 heteroatoms. The van der Waals surface area contributed by atoms with Gasteiger partial charge in [-0.25, -0.2) is 8.42 Å². The normalized spacial score (nSPS) is 11.8. The highest BCUT2D eigenvalue weighted by Crippen LogP contribution is 1.86. The minimum Gasteiger partial charge on any atom is -0.222 e. The van der Waals surface area contributed by atoms with Gasteiger partial charge in [-0.15, -0.1) is 0 Å². The van der Waals surface area contributed by atoms with E-state index in [9.17, 15) is 8.42 Å². The Labute approximate surface area is 60.1 Å². The molecule has 0 aromatic rings. The highest BCUT2D eigenvalue weighted by atomic mass is 32.2. The Hall–Kier alpha value is 0.220. The molecule has 0 saturated heterocycles. The fraction of sp³-hybridized carbons (Fsp3) is 1.00. The second kappa shape index (κ2) is 4.10. The molecule has 0 amide bonds. The van der Waals surface area contributed by atoms with Gasteiger partial charge in [0, 0.05) is 0 Å². The number of hydrogen-bond donors (Lipinski definition) is 1. The first kappa shape index (κ1) is 9.22. The number of sulfone groups is 1. The Kier molecular flexibility index (Phi) is 4.20. The van der Waals surface area contributed by atoms with Crippen LogP contribution in [0.25, 0.3) is 0 Å². The van der Waals surface area contributed by atoms with Gasteiger partial charge in [-0.2, -0.15) is 0 Å². The van der Waals surface area contributed by atoms with Crippen LogP contribution in [-0.2, 0) is 14.1 Å². The SMILES string of the molecule is CCS(=O)(=O)C[N+]OS. The highest BCUT2D eigenvalue weighted by molar-refractivity contribution is 7.91. The molecule has 0 rings (SSSR count). The topological polar surface area (TPSA) is 57.5 Å². The van der Waals surface area contributed by atoms with Gasteiger partial charge in [0.1, 0.15) is 0 Å². The first-order valence-corrected chi connectivity index (χ1v) is 4.49. The van der Waals surface area contributed by atoms with Crippen molar-refractivity contribution in [1.29, 1.82) is 0 Å². The van der Waals surface area contributed by atoms with Crippen molar-refractivity contribution in [2.45, 2.75) is 6.92 Å². The Morgan fingerprint density at radius 2 is 2.22 bits per heavy atom. The smallest absolute Gasteiger partial charge is 0.222 e. The van der Waals surface area contributed by atoms with Crippen molar-refractivity contribution in [3.05, 3.63) is 0 Å². The molecule has 0 aromatic heterocycles. The first-order valence-electron chi connectivity index (χ1n) is 2.30. The van der Waals surface area contributed by atoms with Gasteiger partial charge in [-0.1, -0.05) is 6.92 Å².